The predicted octanol–water partition coefficient (Wildman–Crippen LogP) is 4.92. The van der Waals surface area contributed by atoms with Gasteiger partial charge in [0.25, 0.3) is 0 Å². The van der Waals surface area contributed by atoms with Gasteiger partial charge in [-0.2, -0.15) is 13.2 Å². The minimum absolute atomic E-state index is 0.0430. The van der Waals surface area contributed by atoms with E-state index in [0.717, 1.165) is 12.1 Å². The Balaban J connectivity index is 2.42. The topological polar surface area (TPSA) is 69.6 Å². The molecule has 0 saturated heterocycles. The van der Waals surface area contributed by atoms with Gasteiger partial charge in [0.1, 0.15) is 11.3 Å². The SMILES string of the molecule is CCOC(=O)c1cc2ccc(C(F)(F)F)cc2n1C(C)CNC(=O)OC(C)(C)C. The Labute approximate surface area is 167 Å². The molecule has 160 valence electrons. The summed E-state index contributed by atoms with van der Waals surface area (Å²) in [6, 6.07) is 4.21. The second kappa shape index (κ2) is 8.34. The first-order valence-corrected chi connectivity index (χ1v) is 9.19. The number of esters is 1. The van der Waals surface area contributed by atoms with E-state index in [9.17, 15) is 22.8 Å². The quantitative estimate of drug-likeness (QED) is 0.705. The maximum Gasteiger partial charge on any atom is 0.416 e. The fourth-order valence-electron chi connectivity index (χ4n) is 2.87. The van der Waals surface area contributed by atoms with Crippen LogP contribution < -0.4 is 5.32 Å². The summed E-state index contributed by atoms with van der Waals surface area (Å²) in [6.07, 6.45) is -5.18. The van der Waals surface area contributed by atoms with Gasteiger partial charge in [-0.05, 0) is 52.8 Å². The molecule has 9 heteroatoms. The van der Waals surface area contributed by atoms with Crippen LogP contribution in [0.15, 0.2) is 24.3 Å². The zero-order valence-corrected chi connectivity index (χ0v) is 17.0. The molecule has 6 nitrogen and oxygen atoms in total. The molecular formula is C20H25F3N2O4. The summed E-state index contributed by atoms with van der Waals surface area (Å²) in [7, 11) is 0. The van der Waals surface area contributed by atoms with Crippen LogP contribution in [0, 0.1) is 0 Å². The monoisotopic (exact) mass is 414 g/mol. The van der Waals surface area contributed by atoms with Crippen LogP contribution in [-0.4, -0.2) is 35.4 Å². The summed E-state index contributed by atoms with van der Waals surface area (Å²) in [5.41, 5.74) is -1.18. The second-order valence-corrected chi connectivity index (χ2v) is 7.62. The Morgan fingerprint density at radius 1 is 1.17 bits per heavy atom. The third-order valence-corrected chi connectivity index (χ3v) is 4.04. The van der Waals surface area contributed by atoms with E-state index in [4.69, 9.17) is 9.47 Å². The number of hydrogen-bond acceptors (Lipinski definition) is 4. The summed E-state index contributed by atoms with van der Waals surface area (Å²) in [4.78, 5) is 24.3. The molecule has 1 aromatic heterocycles. The molecule has 0 aliphatic heterocycles. The highest BCUT2D eigenvalue weighted by Gasteiger charge is 2.32. The van der Waals surface area contributed by atoms with Gasteiger partial charge in [0.2, 0.25) is 0 Å². The number of rotatable bonds is 5. The lowest BCUT2D eigenvalue weighted by atomic mass is 10.1. The largest absolute Gasteiger partial charge is 0.461 e. The lowest BCUT2D eigenvalue weighted by Crippen LogP contribution is -2.35. The van der Waals surface area contributed by atoms with Crippen molar-refractivity contribution in [3.05, 3.63) is 35.5 Å². The van der Waals surface area contributed by atoms with Gasteiger partial charge in [-0.25, -0.2) is 9.59 Å². The van der Waals surface area contributed by atoms with E-state index in [-0.39, 0.29) is 24.4 Å². The van der Waals surface area contributed by atoms with Crippen molar-refractivity contribution in [1.29, 1.82) is 0 Å². The van der Waals surface area contributed by atoms with Crippen molar-refractivity contribution in [3.63, 3.8) is 0 Å². The van der Waals surface area contributed by atoms with E-state index in [0.29, 0.717) is 5.39 Å². The lowest BCUT2D eigenvalue weighted by molar-refractivity contribution is -0.137. The smallest absolute Gasteiger partial charge is 0.416 e. The molecular weight excluding hydrogens is 389 g/mol. The number of carbonyl (C=O) groups is 2. The molecule has 1 aromatic carbocycles. The maximum absolute atomic E-state index is 13.2. The number of hydrogen-bond donors (Lipinski definition) is 1. The Hall–Kier alpha value is -2.71. The van der Waals surface area contributed by atoms with E-state index in [1.807, 2.05) is 0 Å². The van der Waals surface area contributed by atoms with Crippen LogP contribution in [0.3, 0.4) is 0 Å². The number of amides is 1. The minimum Gasteiger partial charge on any atom is -0.461 e. The van der Waals surface area contributed by atoms with Crippen molar-refractivity contribution in [3.8, 4) is 0 Å². The van der Waals surface area contributed by atoms with Gasteiger partial charge in [-0.3, -0.25) is 0 Å². The Bertz CT molecular complexity index is 897. The summed E-state index contributed by atoms with van der Waals surface area (Å²) in [6.45, 7) is 8.63. The van der Waals surface area contributed by atoms with Gasteiger partial charge in [0.05, 0.1) is 12.2 Å². The number of halogens is 3. The van der Waals surface area contributed by atoms with Crippen LogP contribution in [-0.2, 0) is 15.7 Å². The average Bonchev–Trinajstić information content (AvgIpc) is 2.96. The molecule has 0 saturated carbocycles. The van der Waals surface area contributed by atoms with Crippen molar-refractivity contribution in [2.24, 2.45) is 0 Å². The second-order valence-electron chi connectivity index (χ2n) is 7.62. The molecule has 2 aromatic rings. The number of aromatic nitrogens is 1. The number of ether oxygens (including phenoxy) is 2. The minimum atomic E-state index is -4.52. The molecule has 29 heavy (non-hydrogen) atoms. The van der Waals surface area contributed by atoms with Crippen molar-refractivity contribution in [2.75, 3.05) is 13.2 Å². The first-order chi connectivity index (χ1) is 13.3. The highest BCUT2D eigenvalue weighted by Crippen LogP contribution is 2.33. The molecule has 0 radical (unpaired) electrons. The molecule has 2 rings (SSSR count). The highest BCUT2D eigenvalue weighted by molar-refractivity contribution is 5.96. The summed E-state index contributed by atoms with van der Waals surface area (Å²) in [5, 5.41) is 3.04. The number of benzene rings is 1. The molecule has 0 aliphatic rings. The van der Waals surface area contributed by atoms with Gasteiger partial charge in [-0.15, -0.1) is 0 Å². The normalized spacial score (nSPS) is 13.2. The van der Waals surface area contributed by atoms with Crippen molar-refractivity contribution in [2.45, 2.75) is 52.4 Å². The van der Waals surface area contributed by atoms with Crippen LogP contribution in [0.4, 0.5) is 18.0 Å². The Morgan fingerprint density at radius 2 is 1.83 bits per heavy atom. The van der Waals surface area contributed by atoms with Crippen molar-refractivity contribution in [1.82, 2.24) is 9.88 Å². The first-order valence-electron chi connectivity index (χ1n) is 9.19. The van der Waals surface area contributed by atoms with Gasteiger partial charge in [0.15, 0.2) is 0 Å². The Morgan fingerprint density at radius 3 is 2.38 bits per heavy atom. The predicted molar refractivity (Wildman–Crippen MR) is 102 cm³/mol. The number of alkyl halides is 3. The van der Waals surface area contributed by atoms with E-state index in [1.54, 1.807) is 34.6 Å². The van der Waals surface area contributed by atoms with Gasteiger partial charge in [0, 0.05) is 23.5 Å². The highest BCUT2D eigenvalue weighted by atomic mass is 19.4. The fraction of sp³-hybridized carbons (Fsp3) is 0.500. The first kappa shape index (κ1) is 22.6. The van der Waals surface area contributed by atoms with Crippen molar-refractivity contribution < 1.29 is 32.2 Å². The third-order valence-electron chi connectivity index (χ3n) is 4.04. The lowest BCUT2D eigenvalue weighted by Gasteiger charge is -2.22. The van der Waals surface area contributed by atoms with Crippen LogP contribution >= 0.6 is 0 Å². The molecule has 0 bridgehead atoms. The van der Waals surface area contributed by atoms with Crippen LogP contribution in [0.2, 0.25) is 0 Å². The summed E-state index contributed by atoms with van der Waals surface area (Å²) < 4.78 is 51.2. The molecule has 0 fully saturated rings. The molecule has 1 unspecified atom stereocenters. The molecule has 0 aliphatic carbocycles. The van der Waals surface area contributed by atoms with Gasteiger partial charge in [-0.1, -0.05) is 6.07 Å². The standard InChI is InChI=1S/C20H25F3N2O4/c1-6-28-17(26)16-9-13-7-8-14(20(21,22)23)10-15(13)25(16)12(2)11-24-18(27)29-19(3,4)5/h7-10,12H,6,11H2,1-5H3,(H,24,27). The fourth-order valence-corrected chi connectivity index (χ4v) is 2.87. The van der Waals surface area contributed by atoms with Gasteiger partial charge < -0.3 is 19.4 Å². The van der Waals surface area contributed by atoms with E-state index < -0.39 is 35.4 Å². The van der Waals surface area contributed by atoms with Crippen LogP contribution in [0.1, 0.15) is 56.7 Å². The molecule has 1 heterocycles. The number of nitrogens with one attached hydrogen (secondary N) is 1. The van der Waals surface area contributed by atoms with E-state index in [1.165, 1.54) is 16.7 Å². The summed E-state index contributed by atoms with van der Waals surface area (Å²) in [5.74, 6) is -0.652. The zero-order chi connectivity index (χ0) is 22.0. The number of carbonyl (C=O) groups excluding carboxylic acids is 2. The van der Waals surface area contributed by atoms with Crippen LogP contribution in [0.5, 0.6) is 0 Å². The average molecular weight is 414 g/mol. The van der Waals surface area contributed by atoms with Crippen molar-refractivity contribution >= 4 is 23.0 Å². The van der Waals surface area contributed by atoms with E-state index >= 15 is 0 Å². The summed E-state index contributed by atoms with van der Waals surface area (Å²) >= 11 is 0. The van der Waals surface area contributed by atoms with Gasteiger partial charge >= 0.3 is 18.2 Å². The van der Waals surface area contributed by atoms with E-state index in [2.05, 4.69) is 5.32 Å². The zero-order valence-electron chi connectivity index (χ0n) is 17.0. The molecule has 1 N–H and O–H groups in total. The molecule has 1 atom stereocenters. The molecule has 0 spiro atoms. The Kier molecular flexibility index (Phi) is 6.50. The third kappa shape index (κ3) is 5.65. The number of fused-ring (bicyclic) bond motifs is 1. The number of alkyl carbamates (subject to hydrolysis) is 1. The maximum atomic E-state index is 13.2. The van der Waals surface area contributed by atoms with Crippen LogP contribution in [0.25, 0.3) is 10.9 Å². The number of nitrogens with zero attached hydrogens (tertiary/aromatic N) is 1. The molecule has 1 amide bonds.